The van der Waals surface area contributed by atoms with Crippen LogP contribution in [0.2, 0.25) is 11.1 Å². The fraction of sp³-hybridized carbons (Fsp3) is 0.383. The van der Waals surface area contributed by atoms with E-state index in [4.69, 9.17) is 11.5 Å². The van der Waals surface area contributed by atoms with Crippen LogP contribution in [0, 0.1) is 41.8 Å². The summed E-state index contributed by atoms with van der Waals surface area (Å²) >= 11 is 0.917. The summed E-state index contributed by atoms with van der Waals surface area (Å²) in [5.74, 6) is -20.6. The van der Waals surface area contributed by atoms with Gasteiger partial charge in [0.1, 0.15) is 23.9 Å². The molecule has 0 aliphatic heterocycles. The van der Waals surface area contributed by atoms with Gasteiger partial charge in [-0.2, -0.15) is 0 Å². The summed E-state index contributed by atoms with van der Waals surface area (Å²) in [7, 11) is 0. The van der Waals surface area contributed by atoms with Crippen LogP contribution in [0.25, 0.3) is 0 Å². The van der Waals surface area contributed by atoms with Gasteiger partial charge in [0.25, 0.3) is 0 Å². The third-order valence-electron chi connectivity index (χ3n) is 10.2. The number of nitrogens with one attached hydrogen (secondary N) is 8. The molecule has 0 aliphatic carbocycles. The third kappa shape index (κ3) is 22.0. The Bertz CT molecular complexity index is 2510. The average Bonchev–Trinajstić information content (AvgIpc) is 3.36. The van der Waals surface area contributed by atoms with Crippen molar-refractivity contribution in [2.75, 3.05) is 31.5 Å². The summed E-state index contributed by atoms with van der Waals surface area (Å²) in [6, 6.07) is 6.46. The molecule has 0 aliphatic rings. The Morgan fingerprint density at radius 2 is 1.09 bits per heavy atom. The van der Waals surface area contributed by atoms with Crippen molar-refractivity contribution >= 4 is 73.9 Å². The van der Waals surface area contributed by atoms with E-state index in [1.54, 1.807) is 19.1 Å². The number of carboxylic acid groups (broad SMARTS) is 1. The van der Waals surface area contributed by atoms with Gasteiger partial charge in [-0.25, -0.2) is 26.3 Å². The van der Waals surface area contributed by atoms with Crippen molar-refractivity contribution in [1.82, 2.24) is 37.2 Å². The predicted molar refractivity (Wildman–Crippen MR) is 257 cm³/mol. The topological polar surface area (TPSA) is 322 Å². The molecule has 0 saturated heterocycles. The first-order valence-electron chi connectivity index (χ1n) is 22.4. The zero-order chi connectivity index (χ0) is 55.7. The van der Waals surface area contributed by atoms with Crippen molar-refractivity contribution in [2.45, 2.75) is 88.6 Å². The van der Waals surface area contributed by atoms with E-state index in [9.17, 15) is 74.6 Å². The van der Waals surface area contributed by atoms with E-state index in [1.807, 2.05) is 29.7 Å². The van der Waals surface area contributed by atoms with Gasteiger partial charge in [0, 0.05) is 36.9 Å². The molecule has 0 aromatic heterocycles. The molecule has 0 fully saturated rings. The van der Waals surface area contributed by atoms with Crippen molar-refractivity contribution in [1.29, 1.82) is 0 Å². The number of aryl methyl sites for hydroxylation is 1. The number of amides is 8. The molecular formula is C47H58F6N10O10Se. The molecule has 20 nitrogen and oxygen atoms in total. The van der Waals surface area contributed by atoms with Gasteiger partial charge in [-0.3, -0.25) is 43.2 Å². The summed E-state index contributed by atoms with van der Waals surface area (Å²) in [4.78, 5) is 113. The van der Waals surface area contributed by atoms with E-state index in [1.165, 1.54) is 23.5 Å². The molecule has 0 radical (unpaired) electrons. The Morgan fingerprint density at radius 1 is 0.595 bits per heavy atom. The first kappa shape index (κ1) is 62.4. The Morgan fingerprint density at radius 3 is 1.64 bits per heavy atom. The third-order valence-corrected chi connectivity index (χ3v) is 11.4. The number of primary amides is 1. The minimum absolute atomic E-state index is 0.128. The number of aliphatic carboxylic acids is 1. The van der Waals surface area contributed by atoms with Gasteiger partial charge in [-0.05, 0) is 56.0 Å². The molecule has 0 bridgehead atoms. The number of allylic oxidation sites excluding steroid dienone is 1. The van der Waals surface area contributed by atoms with Gasteiger partial charge in [0.2, 0.25) is 53.1 Å². The summed E-state index contributed by atoms with van der Waals surface area (Å²) in [6.07, 6.45) is -3.21. The molecule has 3 aromatic rings. The second-order valence-corrected chi connectivity index (χ2v) is 18.4. The monoisotopic (exact) mass is 1120 g/mol. The summed E-state index contributed by atoms with van der Waals surface area (Å²) in [5.41, 5.74) is 11.6. The molecule has 74 heavy (non-hydrogen) atoms. The predicted octanol–water partition coefficient (Wildman–Crippen LogP) is 1.14. The SMILES string of the molecule is C/C(CCC(=O)NC(CCC(=O)O)C(=O)NCC(=O)NCC(=O)N[C@@H](Cc1c(F)c(F)c(F)c(F)c1F)C(=O)NC(Cc1ccccc1F)C(=O)NCC(=O)NCC(N)=O)=C(/N)Nc1ccc(C)cc1.CC[Se]C. The molecule has 2 unspecified atom stereocenters. The van der Waals surface area contributed by atoms with Crippen LogP contribution in [0.3, 0.4) is 0 Å². The number of carbonyl (C=O) groups is 9. The molecule has 404 valence electrons. The van der Waals surface area contributed by atoms with Crippen LogP contribution >= 0.6 is 0 Å². The Kier molecular flexibility index (Phi) is 26.8. The molecule has 0 saturated carbocycles. The second kappa shape index (κ2) is 31.7. The normalized spacial score (nSPS) is 12.2. The van der Waals surface area contributed by atoms with Gasteiger partial charge in [0.05, 0.1) is 32.0 Å². The Balaban J connectivity index is 0.00000451. The number of halogens is 6. The van der Waals surface area contributed by atoms with Crippen LogP contribution in [0.4, 0.5) is 32.0 Å². The van der Waals surface area contributed by atoms with E-state index in [0.717, 1.165) is 26.6 Å². The second-order valence-electron chi connectivity index (χ2n) is 16.0. The maximum absolute atomic E-state index is 14.9. The van der Waals surface area contributed by atoms with Crippen molar-refractivity contribution in [3.63, 3.8) is 0 Å². The standard InChI is InChI=1S/C44H50F6N10O10.C3H8Se/c1-21-7-10-24(11-8-21)57-41(52)22(2)9-13-31(62)58-27(12-14-35(66)67)42(68)55-19-33(64)54-20-34(65)59-29(16-25-36(46)38(48)40(50)39(49)37(25)47)44(70)60-28(15-23-5-3-4-6-26(23)45)43(69)56-18-32(63)53-17-30(51)61;1-3-4-2/h3-8,10-11,27-29,57H,9,12-20,52H2,1-2H3,(H2,51,61)(H,53,63)(H,54,64)(H,55,68)(H,56,69)(H,58,62)(H,59,65)(H,60,70)(H,66,67);3H2,1-2H3/b41-22+;/t27?,28?,29-;/m0./s1. The van der Waals surface area contributed by atoms with Crippen LogP contribution in [0.1, 0.15) is 56.2 Å². The van der Waals surface area contributed by atoms with Crippen molar-refractivity contribution in [2.24, 2.45) is 11.5 Å². The maximum atomic E-state index is 14.9. The molecule has 3 atom stereocenters. The van der Waals surface area contributed by atoms with Crippen LogP contribution < -0.4 is 54.0 Å². The molecule has 0 heterocycles. The van der Waals surface area contributed by atoms with Crippen molar-refractivity contribution in [3.8, 4) is 0 Å². The van der Waals surface area contributed by atoms with E-state index in [-0.39, 0.29) is 24.2 Å². The number of hydrogen-bond acceptors (Lipinski definition) is 11. The number of benzene rings is 3. The van der Waals surface area contributed by atoms with E-state index in [2.05, 4.69) is 44.6 Å². The number of carbonyl (C=O) groups excluding carboxylic acids is 8. The number of hydrogen-bond donors (Lipinski definition) is 11. The first-order chi connectivity index (χ1) is 34.9. The quantitative estimate of drug-likeness (QED) is 0.0222. The number of anilines is 1. The number of nitrogens with two attached hydrogens (primary N) is 2. The molecule has 8 amide bonds. The van der Waals surface area contributed by atoms with E-state index < -0.39 is 164 Å². The fourth-order valence-electron chi connectivity index (χ4n) is 6.06. The van der Waals surface area contributed by atoms with Crippen LogP contribution in [0.15, 0.2) is 59.9 Å². The zero-order valence-corrected chi connectivity index (χ0v) is 42.3. The van der Waals surface area contributed by atoms with Gasteiger partial charge >= 0.3 is 39.0 Å². The average molecular weight is 1120 g/mol. The van der Waals surface area contributed by atoms with Gasteiger partial charge < -0.3 is 59.1 Å². The number of carboxylic acids is 1. The van der Waals surface area contributed by atoms with Crippen molar-refractivity contribution in [3.05, 3.63) is 112 Å². The van der Waals surface area contributed by atoms with Gasteiger partial charge in [-0.1, -0.05) is 35.9 Å². The van der Waals surface area contributed by atoms with Crippen molar-refractivity contribution < 1.29 is 74.6 Å². The molecule has 27 heteroatoms. The summed E-state index contributed by atoms with van der Waals surface area (Å²) in [5, 5.41) is 28.4. The van der Waals surface area contributed by atoms with Crippen LogP contribution in [-0.4, -0.2) is 118 Å². The fourth-order valence-corrected chi connectivity index (χ4v) is 6.06. The molecule has 3 rings (SSSR count). The molecule has 13 N–H and O–H groups in total. The van der Waals surface area contributed by atoms with Gasteiger partial charge in [-0.15, -0.1) is 0 Å². The number of rotatable bonds is 27. The summed E-state index contributed by atoms with van der Waals surface area (Å²) in [6.45, 7) is 2.34. The molecule has 3 aromatic carbocycles. The van der Waals surface area contributed by atoms with E-state index >= 15 is 0 Å². The van der Waals surface area contributed by atoms with E-state index in [0.29, 0.717) is 11.3 Å². The van der Waals surface area contributed by atoms with Gasteiger partial charge in [0.15, 0.2) is 23.3 Å². The minimum atomic E-state index is -2.55. The zero-order valence-electron chi connectivity index (χ0n) is 40.6. The Hall–Kier alpha value is -7.67. The molecule has 0 spiro atoms. The van der Waals surface area contributed by atoms with Crippen LogP contribution in [-0.2, 0) is 56.0 Å². The summed E-state index contributed by atoms with van der Waals surface area (Å²) < 4.78 is 86.8. The Labute approximate surface area is 427 Å². The molecular weight excluding hydrogens is 1060 g/mol. The van der Waals surface area contributed by atoms with Crippen LogP contribution in [0.5, 0.6) is 0 Å². The first-order valence-corrected chi connectivity index (χ1v) is 25.3.